The highest BCUT2D eigenvalue weighted by Gasteiger charge is 2.12. The molecule has 0 fully saturated rings. The van der Waals surface area contributed by atoms with E-state index in [0.717, 1.165) is 28.5 Å². The lowest BCUT2D eigenvalue weighted by atomic mass is 10.2. The minimum atomic E-state index is 0.520. The van der Waals surface area contributed by atoms with Crippen molar-refractivity contribution in [1.82, 2.24) is 24.5 Å². The van der Waals surface area contributed by atoms with E-state index in [-0.39, 0.29) is 0 Å². The molecule has 0 bridgehead atoms. The maximum Gasteiger partial charge on any atom is 0.238 e. The molecule has 1 aromatic carbocycles. The van der Waals surface area contributed by atoms with Crippen molar-refractivity contribution in [2.24, 2.45) is 0 Å². The van der Waals surface area contributed by atoms with Crippen LogP contribution in [0.3, 0.4) is 0 Å². The third-order valence-electron chi connectivity index (χ3n) is 3.91. The van der Waals surface area contributed by atoms with Gasteiger partial charge in [0.15, 0.2) is 0 Å². The summed E-state index contributed by atoms with van der Waals surface area (Å²) in [7, 11) is 1.61. The molecule has 0 amide bonds. The normalized spacial score (nSPS) is 10.7. The lowest BCUT2D eigenvalue weighted by molar-refractivity contribution is 0.396. The van der Waals surface area contributed by atoms with Crippen molar-refractivity contribution in [3.63, 3.8) is 0 Å². The van der Waals surface area contributed by atoms with Gasteiger partial charge in [-0.15, -0.1) is 0 Å². The van der Waals surface area contributed by atoms with E-state index in [9.17, 15) is 0 Å². The number of hydrogen-bond donors (Lipinski definition) is 2. The van der Waals surface area contributed by atoms with E-state index in [2.05, 4.69) is 25.3 Å². The van der Waals surface area contributed by atoms with Crippen molar-refractivity contribution in [2.75, 3.05) is 12.4 Å². The van der Waals surface area contributed by atoms with Crippen molar-refractivity contribution in [3.8, 4) is 23.0 Å². The van der Waals surface area contributed by atoms with E-state index in [0.29, 0.717) is 11.8 Å². The van der Waals surface area contributed by atoms with Gasteiger partial charge in [0.1, 0.15) is 5.69 Å². The van der Waals surface area contributed by atoms with E-state index in [1.54, 1.807) is 19.6 Å². The topological polar surface area (TPSA) is 80.7 Å². The molecule has 0 radical (unpaired) electrons. The molecule has 7 nitrogen and oxygen atoms in total. The average molecular weight is 346 g/mol. The number of para-hydroxylation sites is 1. The molecule has 130 valence electrons. The predicted octanol–water partition coefficient (Wildman–Crippen LogP) is 3.72. The predicted molar refractivity (Wildman–Crippen MR) is 100.0 cm³/mol. The number of imidazole rings is 2. The summed E-state index contributed by atoms with van der Waals surface area (Å²) in [4.78, 5) is 16.4. The van der Waals surface area contributed by atoms with E-state index >= 15 is 0 Å². The summed E-state index contributed by atoms with van der Waals surface area (Å²) in [6.45, 7) is 1.94. The fourth-order valence-electron chi connectivity index (χ4n) is 2.66. The molecule has 0 saturated heterocycles. The van der Waals surface area contributed by atoms with Gasteiger partial charge >= 0.3 is 0 Å². The number of aryl methyl sites for hydroxylation is 1. The second-order valence-corrected chi connectivity index (χ2v) is 5.78. The quantitative estimate of drug-likeness (QED) is 0.576. The molecule has 2 N–H and O–H groups in total. The number of anilines is 2. The van der Waals surface area contributed by atoms with Gasteiger partial charge in [-0.25, -0.2) is 15.0 Å². The molecule has 3 aromatic heterocycles. The van der Waals surface area contributed by atoms with Gasteiger partial charge in [-0.05, 0) is 31.2 Å². The van der Waals surface area contributed by atoms with E-state index in [1.165, 1.54) is 0 Å². The largest absolute Gasteiger partial charge is 0.479 e. The molecule has 0 atom stereocenters. The van der Waals surface area contributed by atoms with Gasteiger partial charge in [0.2, 0.25) is 11.8 Å². The number of H-pyrrole nitrogens is 1. The fraction of sp³-hybridized carbons (Fsp3) is 0.105. The zero-order valence-electron chi connectivity index (χ0n) is 14.5. The lowest BCUT2D eigenvalue weighted by Crippen LogP contribution is -1.99. The van der Waals surface area contributed by atoms with Crippen LogP contribution < -0.4 is 10.1 Å². The van der Waals surface area contributed by atoms with Crippen LogP contribution in [-0.4, -0.2) is 31.6 Å². The number of nitrogens with one attached hydrogen (secondary N) is 2. The second kappa shape index (κ2) is 6.72. The van der Waals surface area contributed by atoms with Gasteiger partial charge in [0.25, 0.3) is 0 Å². The summed E-state index contributed by atoms with van der Waals surface area (Å²) >= 11 is 0. The summed E-state index contributed by atoms with van der Waals surface area (Å²) < 4.78 is 7.35. The Bertz CT molecular complexity index is 1020. The smallest absolute Gasteiger partial charge is 0.238 e. The molecule has 0 aliphatic rings. The number of aromatic amines is 1. The maximum atomic E-state index is 5.46. The molecule has 0 aliphatic carbocycles. The second-order valence-electron chi connectivity index (χ2n) is 5.78. The Morgan fingerprint density at radius 2 is 1.92 bits per heavy atom. The first-order valence-electron chi connectivity index (χ1n) is 8.16. The zero-order valence-corrected chi connectivity index (χ0v) is 14.5. The van der Waals surface area contributed by atoms with Gasteiger partial charge in [0, 0.05) is 11.9 Å². The molecule has 0 spiro atoms. The van der Waals surface area contributed by atoms with Crippen molar-refractivity contribution in [2.45, 2.75) is 6.92 Å². The van der Waals surface area contributed by atoms with E-state index < -0.39 is 0 Å². The summed E-state index contributed by atoms with van der Waals surface area (Å²) in [5.41, 5.74) is 4.27. The van der Waals surface area contributed by atoms with Crippen LogP contribution in [0.2, 0.25) is 0 Å². The van der Waals surface area contributed by atoms with Crippen LogP contribution in [-0.2, 0) is 0 Å². The van der Waals surface area contributed by atoms with Crippen LogP contribution in [0.1, 0.15) is 5.69 Å². The minimum Gasteiger partial charge on any atom is -0.479 e. The van der Waals surface area contributed by atoms with E-state index in [1.807, 2.05) is 60.2 Å². The molecule has 4 aromatic rings. The third kappa shape index (κ3) is 3.14. The number of aromatic nitrogens is 5. The molecule has 0 aliphatic heterocycles. The molecule has 7 heteroatoms. The average Bonchev–Trinajstić information content (AvgIpc) is 3.31. The first kappa shape index (κ1) is 15.9. The van der Waals surface area contributed by atoms with Crippen LogP contribution in [0.5, 0.6) is 5.88 Å². The Hall–Kier alpha value is -3.61. The number of ether oxygens (including phenoxy) is 1. The monoisotopic (exact) mass is 346 g/mol. The van der Waals surface area contributed by atoms with Crippen molar-refractivity contribution in [3.05, 3.63) is 66.9 Å². The van der Waals surface area contributed by atoms with Crippen LogP contribution in [0.4, 0.5) is 11.6 Å². The van der Waals surface area contributed by atoms with Crippen LogP contribution in [0, 0.1) is 6.92 Å². The van der Waals surface area contributed by atoms with Gasteiger partial charge < -0.3 is 19.6 Å². The van der Waals surface area contributed by atoms with Crippen LogP contribution in [0.15, 0.2) is 61.2 Å². The Kier molecular flexibility index (Phi) is 4.10. The number of rotatable bonds is 5. The number of hydrogen-bond acceptors (Lipinski definition) is 5. The third-order valence-corrected chi connectivity index (χ3v) is 3.91. The molecule has 4 rings (SSSR count). The van der Waals surface area contributed by atoms with Crippen molar-refractivity contribution >= 4 is 11.6 Å². The Balaban J connectivity index is 1.62. The highest BCUT2D eigenvalue weighted by molar-refractivity contribution is 5.62. The lowest BCUT2D eigenvalue weighted by Gasteiger charge is -2.09. The Labute approximate surface area is 150 Å². The zero-order chi connectivity index (χ0) is 17.9. The molecular formula is C19H18N6O. The van der Waals surface area contributed by atoms with Crippen LogP contribution >= 0.6 is 0 Å². The molecular weight excluding hydrogens is 328 g/mol. The summed E-state index contributed by atoms with van der Waals surface area (Å²) in [5, 5.41) is 3.22. The summed E-state index contributed by atoms with van der Waals surface area (Å²) in [6.07, 6.45) is 5.41. The number of methoxy groups -OCH3 is 1. The Morgan fingerprint density at radius 3 is 2.65 bits per heavy atom. The molecule has 3 heterocycles. The van der Waals surface area contributed by atoms with Gasteiger partial charge in [-0.3, -0.25) is 0 Å². The van der Waals surface area contributed by atoms with Crippen LogP contribution in [0.25, 0.3) is 17.1 Å². The number of benzene rings is 1. The molecule has 26 heavy (non-hydrogen) atoms. The maximum absolute atomic E-state index is 5.46. The van der Waals surface area contributed by atoms with Gasteiger partial charge in [-0.1, -0.05) is 18.2 Å². The highest BCUT2D eigenvalue weighted by atomic mass is 16.5. The minimum absolute atomic E-state index is 0.520. The van der Waals surface area contributed by atoms with Crippen molar-refractivity contribution < 1.29 is 4.74 Å². The highest BCUT2D eigenvalue weighted by Crippen LogP contribution is 2.26. The molecule has 0 saturated carbocycles. The van der Waals surface area contributed by atoms with Gasteiger partial charge in [-0.2, -0.15) is 0 Å². The van der Waals surface area contributed by atoms with Gasteiger partial charge in [0.05, 0.1) is 36.7 Å². The Morgan fingerprint density at radius 1 is 1.08 bits per heavy atom. The summed E-state index contributed by atoms with van der Waals surface area (Å²) in [5.74, 6) is 1.17. The fourth-order valence-corrected chi connectivity index (χ4v) is 2.66. The number of nitrogens with zero attached hydrogens (tertiary/aromatic N) is 4. The van der Waals surface area contributed by atoms with Crippen molar-refractivity contribution in [1.29, 1.82) is 0 Å². The van der Waals surface area contributed by atoms with E-state index in [4.69, 9.17) is 4.74 Å². The summed E-state index contributed by atoms with van der Waals surface area (Å²) in [6, 6.07) is 13.7. The SMILES string of the molecule is COc1nc(-c2cnc(Nc3ccccc3)[nH]2)ccc1-n1cnc(C)c1. The standard InChI is InChI=1S/C19H18N6O/c1-13-11-25(12-21-13)17-9-8-15(23-18(17)26-2)16-10-20-19(24-16)22-14-6-4-3-5-7-14/h3-12H,1-2H3,(H2,20,22,24). The molecule has 0 unspecified atom stereocenters. The number of pyridine rings is 1. The first-order valence-corrected chi connectivity index (χ1v) is 8.16. The first-order chi connectivity index (χ1) is 12.7.